The summed E-state index contributed by atoms with van der Waals surface area (Å²) < 4.78 is 1.79. The van der Waals surface area contributed by atoms with Gasteiger partial charge in [0.2, 0.25) is 0 Å². The van der Waals surface area contributed by atoms with Crippen LogP contribution in [-0.2, 0) is 0 Å². The second-order valence-corrected chi connectivity index (χ2v) is 7.68. The van der Waals surface area contributed by atoms with Gasteiger partial charge >= 0.3 is 0 Å². The molecule has 29 heavy (non-hydrogen) atoms. The van der Waals surface area contributed by atoms with E-state index in [2.05, 4.69) is 25.9 Å². The predicted molar refractivity (Wildman–Crippen MR) is 115 cm³/mol. The summed E-state index contributed by atoms with van der Waals surface area (Å²) in [4.78, 5) is 21.5. The molecule has 0 bridgehead atoms. The Morgan fingerprint density at radius 3 is 2.55 bits per heavy atom. The number of carbonyl (C=O) groups excluding carboxylic acids is 1. The number of ketones is 1. The Bertz CT molecular complexity index is 980. The van der Waals surface area contributed by atoms with Crippen molar-refractivity contribution in [3.63, 3.8) is 0 Å². The lowest BCUT2D eigenvalue weighted by Gasteiger charge is -2.36. The molecule has 3 heterocycles. The number of Topliss-reactive ketones (excluding diaryl/α,β-unsaturated/α-hetero) is 1. The second kappa shape index (κ2) is 8.76. The van der Waals surface area contributed by atoms with Crippen LogP contribution in [0.1, 0.15) is 22.5 Å². The van der Waals surface area contributed by atoms with Gasteiger partial charge in [0.15, 0.2) is 5.78 Å². The van der Waals surface area contributed by atoms with Crippen LogP contribution in [0.2, 0.25) is 5.02 Å². The van der Waals surface area contributed by atoms with Crippen molar-refractivity contribution in [3.05, 3.63) is 71.3 Å². The molecule has 0 aliphatic carbocycles. The van der Waals surface area contributed by atoms with Gasteiger partial charge in [-0.3, -0.25) is 14.7 Å². The first-order chi connectivity index (χ1) is 14.1. The highest BCUT2D eigenvalue weighted by Crippen LogP contribution is 2.21. The van der Waals surface area contributed by atoms with E-state index < -0.39 is 0 Å². The van der Waals surface area contributed by atoms with E-state index in [1.54, 1.807) is 23.3 Å². The number of pyridine rings is 1. The largest absolute Gasteiger partial charge is 0.369 e. The maximum absolute atomic E-state index is 12.8. The Balaban J connectivity index is 1.31. The molecule has 1 fully saturated rings. The molecule has 0 saturated carbocycles. The molecule has 6 nitrogen and oxygen atoms in total. The first-order valence-electron chi connectivity index (χ1n) is 9.83. The van der Waals surface area contributed by atoms with E-state index in [4.69, 9.17) is 11.6 Å². The molecule has 7 heteroatoms. The van der Waals surface area contributed by atoms with Gasteiger partial charge in [0, 0.05) is 62.2 Å². The third kappa shape index (κ3) is 4.49. The fourth-order valence-corrected chi connectivity index (χ4v) is 3.91. The number of carbonyl (C=O) groups is 1. The van der Waals surface area contributed by atoms with Crippen molar-refractivity contribution in [3.8, 4) is 5.69 Å². The van der Waals surface area contributed by atoms with Crippen molar-refractivity contribution in [1.82, 2.24) is 19.7 Å². The fraction of sp³-hybridized carbons (Fsp3) is 0.318. The topological polar surface area (TPSA) is 54.3 Å². The molecular formula is C22H24ClN5O. The Kier molecular flexibility index (Phi) is 5.92. The molecule has 0 spiro atoms. The summed E-state index contributed by atoms with van der Waals surface area (Å²) in [6.07, 6.45) is 5.62. The van der Waals surface area contributed by atoms with Crippen molar-refractivity contribution in [1.29, 1.82) is 0 Å². The Morgan fingerprint density at radius 2 is 1.83 bits per heavy atom. The summed E-state index contributed by atoms with van der Waals surface area (Å²) in [5, 5.41) is 5.15. The maximum atomic E-state index is 12.8. The molecule has 0 unspecified atom stereocenters. The first-order valence-corrected chi connectivity index (χ1v) is 10.2. The average molecular weight is 410 g/mol. The number of halogens is 1. The van der Waals surface area contributed by atoms with Gasteiger partial charge in [0.05, 0.1) is 23.1 Å². The highest BCUT2D eigenvalue weighted by molar-refractivity contribution is 6.30. The molecule has 0 amide bonds. The molecule has 3 aromatic rings. The molecule has 0 radical (unpaired) electrons. The van der Waals surface area contributed by atoms with Crippen molar-refractivity contribution in [2.45, 2.75) is 13.3 Å². The van der Waals surface area contributed by atoms with Crippen LogP contribution in [0.4, 0.5) is 5.69 Å². The lowest BCUT2D eigenvalue weighted by Crippen LogP contribution is -2.46. The van der Waals surface area contributed by atoms with Gasteiger partial charge in [0.25, 0.3) is 0 Å². The predicted octanol–water partition coefficient (Wildman–Crippen LogP) is 3.62. The minimum Gasteiger partial charge on any atom is -0.369 e. The summed E-state index contributed by atoms with van der Waals surface area (Å²) >= 11 is 6.10. The summed E-state index contributed by atoms with van der Waals surface area (Å²) in [7, 11) is 0. The van der Waals surface area contributed by atoms with Gasteiger partial charge in [-0.25, -0.2) is 4.68 Å². The van der Waals surface area contributed by atoms with Crippen molar-refractivity contribution < 1.29 is 4.79 Å². The molecule has 1 aromatic carbocycles. The van der Waals surface area contributed by atoms with Gasteiger partial charge in [0.1, 0.15) is 0 Å². The van der Waals surface area contributed by atoms with E-state index in [0.717, 1.165) is 54.8 Å². The van der Waals surface area contributed by atoms with Crippen molar-refractivity contribution in [2.75, 3.05) is 37.6 Å². The van der Waals surface area contributed by atoms with Crippen LogP contribution in [0, 0.1) is 6.92 Å². The maximum Gasteiger partial charge on any atom is 0.167 e. The lowest BCUT2D eigenvalue weighted by atomic mass is 10.1. The molecule has 4 rings (SSSR count). The number of aromatic nitrogens is 3. The summed E-state index contributed by atoms with van der Waals surface area (Å²) in [5.41, 5.74) is 3.63. The van der Waals surface area contributed by atoms with Crippen LogP contribution in [0.3, 0.4) is 0 Å². The quantitative estimate of drug-likeness (QED) is 0.582. The zero-order valence-corrected chi connectivity index (χ0v) is 17.2. The number of anilines is 1. The van der Waals surface area contributed by atoms with Crippen LogP contribution >= 0.6 is 11.6 Å². The third-order valence-electron chi connectivity index (χ3n) is 5.42. The van der Waals surface area contributed by atoms with Gasteiger partial charge in [-0.1, -0.05) is 17.7 Å². The van der Waals surface area contributed by atoms with Crippen LogP contribution in [0.5, 0.6) is 0 Å². The number of nitrogens with zero attached hydrogens (tertiary/aromatic N) is 5. The average Bonchev–Trinajstić information content (AvgIpc) is 3.14. The highest BCUT2D eigenvalue weighted by atomic mass is 35.5. The monoisotopic (exact) mass is 409 g/mol. The van der Waals surface area contributed by atoms with Gasteiger partial charge in [-0.05, 0) is 37.3 Å². The van der Waals surface area contributed by atoms with Crippen molar-refractivity contribution >= 4 is 23.1 Å². The van der Waals surface area contributed by atoms with E-state index >= 15 is 0 Å². The number of hydrogen-bond acceptors (Lipinski definition) is 5. The molecule has 1 aliphatic heterocycles. The van der Waals surface area contributed by atoms with E-state index in [1.807, 2.05) is 37.3 Å². The smallest absolute Gasteiger partial charge is 0.167 e. The number of piperazine rings is 1. The van der Waals surface area contributed by atoms with E-state index in [9.17, 15) is 4.79 Å². The zero-order chi connectivity index (χ0) is 20.2. The molecule has 2 aromatic heterocycles. The first kappa shape index (κ1) is 19.6. The van der Waals surface area contributed by atoms with Gasteiger partial charge in [-0.2, -0.15) is 5.10 Å². The van der Waals surface area contributed by atoms with Crippen LogP contribution < -0.4 is 4.90 Å². The third-order valence-corrected chi connectivity index (χ3v) is 5.65. The number of benzene rings is 1. The van der Waals surface area contributed by atoms with Crippen LogP contribution in [0.15, 0.2) is 55.0 Å². The summed E-state index contributed by atoms with van der Waals surface area (Å²) in [6.45, 7) is 6.46. The molecule has 150 valence electrons. The SMILES string of the molecule is Cc1c(C(=O)CCN2CCN(c3cccc(Cl)c3)CC2)cnn1-c1ccncc1. The van der Waals surface area contributed by atoms with E-state index in [0.29, 0.717) is 12.0 Å². The molecule has 1 saturated heterocycles. The standard InChI is InChI=1S/C22H24ClN5O/c1-17-21(16-25-28(17)19-5-8-24-9-6-19)22(29)7-10-26-11-13-27(14-12-26)20-4-2-3-18(23)15-20/h2-6,8-9,15-16H,7,10-14H2,1H3. The Labute approximate surface area is 175 Å². The van der Waals surface area contributed by atoms with E-state index in [1.165, 1.54) is 0 Å². The van der Waals surface area contributed by atoms with Crippen LogP contribution in [0.25, 0.3) is 5.69 Å². The minimum absolute atomic E-state index is 0.139. The highest BCUT2D eigenvalue weighted by Gasteiger charge is 2.20. The summed E-state index contributed by atoms with van der Waals surface area (Å²) in [6, 6.07) is 11.7. The zero-order valence-electron chi connectivity index (χ0n) is 16.5. The fourth-order valence-electron chi connectivity index (χ4n) is 3.73. The minimum atomic E-state index is 0.139. The molecule has 0 N–H and O–H groups in total. The normalized spacial score (nSPS) is 14.9. The molecular weight excluding hydrogens is 386 g/mol. The lowest BCUT2D eigenvalue weighted by molar-refractivity contribution is 0.0962. The Morgan fingerprint density at radius 1 is 1.07 bits per heavy atom. The van der Waals surface area contributed by atoms with Crippen LogP contribution in [-0.4, -0.2) is 58.2 Å². The second-order valence-electron chi connectivity index (χ2n) is 7.24. The van der Waals surface area contributed by atoms with E-state index in [-0.39, 0.29) is 5.78 Å². The molecule has 0 atom stereocenters. The number of hydrogen-bond donors (Lipinski definition) is 0. The molecule has 1 aliphatic rings. The van der Waals surface area contributed by atoms with Gasteiger partial charge in [-0.15, -0.1) is 0 Å². The van der Waals surface area contributed by atoms with Gasteiger partial charge < -0.3 is 4.90 Å². The van der Waals surface area contributed by atoms with Crippen molar-refractivity contribution in [2.24, 2.45) is 0 Å². The summed E-state index contributed by atoms with van der Waals surface area (Å²) in [5.74, 6) is 0.139. The Hall–Kier alpha value is -2.70. The number of rotatable bonds is 6.